The van der Waals surface area contributed by atoms with Crippen LogP contribution < -0.4 is 0 Å². The Morgan fingerprint density at radius 3 is 2.95 bits per heavy atom. The minimum atomic E-state index is -0.415. The first-order chi connectivity index (χ1) is 10.2. The van der Waals surface area contributed by atoms with Crippen molar-refractivity contribution in [1.29, 1.82) is 5.26 Å². The van der Waals surface area contributed by atoms with Crippen LogP contribution in [0.5, 0.6) is 0 Å². The van der Waals surface area contributed by atoms with Crippen LogP contribution in [0.4, 0.5) is 0 Å². The van der Waals surface area contributed by atoms with Crippen LogP contribution in [-0.4, -0.2) is 28.1 Å². The molecule has 108 valence electrons. The van der Waals surface area contributed by atoms with E-state index in [0.717, 1.165) is 10.6 Å². The molecular formula is C15H15N3O2S. The Kier molecular flexibility index (Phi) is 5.01. The van der Waals surface area contributed by atoms with Crippen molar-refractivity contribution in [2.24, 2.45) is 0 Å². The Labute approximate surface area is 127 Å². The van der Waals surface area contributed by atoms with E-state index >= 15 is 0 Å². The van der Waals surface area contributed by atoms with Crippen molar-refractivity contribution in [3.05, 3.63) is 41.7 Å². The van der Waals surface area contributed by atoms with Gasteiger partial charge >= 0.3 is 5.97 Å². The van der Waals surface area contributed by atoms with E-state index in [4.69, 9.17) is 4.74 Å². The Hall–Kier alpha value is -2.26. The van der Waals surface area contributed by atoms with Crippen LogP contribution in [0, 0.1) is 11.3 Å². The number of carbonyl (C=O) groups is 1. The molecular weight excluding hydrogens is 286 g/mol. The molecule has 0 aliphatic carbocycles. The lowest BCUT2D eigenvalue weighted by molar-refractivity contribution is 0.0526. The monoisotopic (exact) mass is 301 g/mol. The zero-order valence-electron chi connectivity index (χ0n) is 11.9. The van der Waals surface area contributed by atoms with Crippen LogP contribution in [-0.2, 0) is 4.74 Å². The van der Waals surface area contributed by atoms with Gasteiger partial charge in [-0.1, -0.05) is 13.0 Å². The Morgan fingerprint density at radius 1 is 1.48 bits per heavy atom. The van der Waals surface area contributed by atoms with E-state index in [2.05, 4.69) is 11.2 Å². The zero-order valence-corrected chi connectivity index (χ0v) is 12.7. The molecule has 0 N–H and O–H groups in total. The van der Waals surface area contributed by atoms with Gasteiger partial charge in [0.15, 0.2) is 0 Å². The van der Waals surface area contributed by atoms with E-state index in [0.29, 0.717) is 23.4 Å². The van der Waals surface area contributed by atoms with Crippen LogP contribution in [0.2, 0.25) is 0 Å². The SMILES string of the molecule is CCOC(=O)c1cnn(-c2cccc(SCC)c2C#N)c1. The van der Waals surface area contributed by atoms with E-state index in [-0.39, 0.29) is 0 Å². The minimum Gasteiger partial charge on any atom is -0.462 e. The molecule has 6 heteroatoms. The average molecular weight is 301 g/mol. The van der Waals surface area contributed by atoms with Crippen molar-refractivity contribution in [2.45, 2.75) is 18.7 Å². The number of nitriles is 1. The molecule has 21 heavy (non-hydrogen) atoms. The number of benzene rings is 1. The lowest BCUT2D eigenvalue weighted by atomic mass is 10.2. The van der Waals surface area contributed by atoms with E-state index in [1.54, 1.807) is 30.9 Å². The van der Waals surface area contributed by atoms with E-state index in [1.165, 1.54) is 10.9 Å². The third-order valence-electron chi connectivity index (χ3n) is 2.76. The summed E-state index contributed by atoms with van der Waals surface area (Å²) >= 11 is 1.60. The van der Waals surface area contributed by atoms with Gasteiger partial charge in [0.1, 0.15) is 6.07 Å². The van der Waals surface area contributed by atoms with Gasteiger partial charge in [0, 0.05) is 11.1 Å². The molecule has 5 nitrogen and oxygen atoms in total. The Balaban J connectivity index is 2.41. The summed E-state index contributed by atoms with van der Waals surface area (Å²) in [5.74, 6) is 0.465. The maximum atomic E-state index is 11.7. The van der Waals surface area contributed by atoms with Gasteiger partial charge in [-0.3, -0.25) is 0 Å². The number of rotatable bonds is 5. The summed E-state index contributed by atoms with van der Waals surface area (Å²) in [7, 11) is 0. The predicted molar refractivity (Wildman–Crippen MR) is 80.6 cm³/mol. The number of ether oxygens (including phenoxy) is 1. The van der Waals surface area contributed by atoms with Crippen molar-refractivity contribution < 1.29 is 9.53 Å². The number of esters is 1. The fourth-order valence-corrected chi connectivity index (χ4v) is 2.65. The van der Waals surface area contributed by atoms with Gasteiger partial charge in [0.05, 0.1) is 29.6 Å². The number of aromatic nitrogens is 2. The number of carbonyl (C=O) groups excluding carboxylic acids is 1. The second kappa shape index (κ2) is 6.95. The number of nitrogens with zero attached hydrogens (tertiary/aromatic N) is 3. The van der Waals surface area contributed by atoms with Gasteiger partial charge in [-0.05, 0) is 24.8 Å². The van der Waals surface area contributed by atoms with Gasteiger partial charge < -0.3 is 4.74 Å². The third-order valence-corrected chi connectivity index (χ3v) is 3.70. The molecule has 0 aliphatic rings. The van der Waals surface area contributed by atoms with Crippen LogP contribution in [0.25, 0.3) is 5.69 Å². The summed E-state index contributed by atoms with van der Waals surface area (Å²) in [6.45, 7) is 4.10. The van der Waals surface area contributed by atoms with Crippen molar-refractivity contribution in [3.8, 4) is 11.8 Å². The summed E-state index contributed by atoms with van der Waals surface area (Å²) in [5.41, 5.74) is 1.59. The van der Waals surface area contributed by atoms with E-state index < -0.39 is 5.97 Å². The largest absolute Gasteiger partial charge is 0.462 e. The molecule has 0 radical (unpaired) electrons. The zero-order chi connectivity index (χ0) is 15.2. The van der Waals surface area contributed by atoms with Crippen molar-refractivity contribution >= 4 is 17.7 Å². The molecule has 1 heterocycles. The topological polar surface area (TPSA) is 67.9 Å². The summed E-state index contributed by atoms with van der Waals surface area (Å²) < 4.78 is 6.47. The maximum absolute atomic E-state index is 11.7. The molecule has 0 saturated carbocycles. The predicted octanol–water partition coefficient (Wildman–Crippen LogP) is 3.03. The molecule has 0 bridgehead atoms. The molecule has 0 atom stereocenters. The van der Waals surface area contributed by atoms with Crippen molar-refractivity contribution in [3.63, 3.8) is 0 Å². The summed E-state index contributed by atoms with van der Waals surface area (Å²) in [6, 6.07) is 7.80. The minimum absolute atomic E-state index is 0.316. The second-order valence-electron chi connectivity index (χ2n) is 4.09. The molecule has 0 fully saturated rings. The van der Waals surface area contributed by atoms with Crippen LogP contribution >= 0.6 is 11.8 Å². The molecule has 0 unspecified atom stereocenters. The van der Waals surface area contributed by atoms with Crippen LogP contribution in [0.15, 0.2) is 35.5 Å². The maximum Gasteiger partial charge on any atom is 0.341 e. The second-order valence-corrected chi connectivity index (χ2v) is 5.39. The van der Waals surface area contributed by atoms with Gasteiger partial charge in [-0.15, -0.1) is 11.8 Å². The molecule has 1 aromatic carbocycles. The van der Waals surface area contributed by atoms with Gasteiger partial charge in [-0.2, -0.15) is 10.4 Å². The van der Waals surface area contributed by atoms with Gasteiger partial charge in [0.2, 0.25) is 0 Å². The Morgan fingerprint density at radius 2 is 2.29 bits per heavy atom. The van der Waals surface area contributed by atoms with Gasteiger partial charge in [-0.25, -0.2) is 9.48 Å². The first-order valence-corrected chi connectivity index (χ1v) is 7.57. The quantitative estimate of drug-likeness (QED) is 0.627. The summed E-state index contributed by atoms with van der Waals surface area (Å²) in [4.78, 5) is 12.6. The first kappa shape index (κ1) is 15.1. The highest BCUT2D eigenvalue weighted by Gasteiger charge is 2.14. The van der Waals surface area contributed by atoms with E-state index in [9.17, 15) is 10.1 Å². The molecule has 0 spiro atoms. The summed E-state index contributed by atoms with van der Waals surface area (Å²) in [5, 5.41) is 13.5. The molecule has 0 amide bonds. The molecule has 1 aromatic heterocycles. The highest BCUT2D eigenvalue weighted by atomic mass is 32.2. The third kappa shape index (κ3) is 3.26. The lowest BCUT2D eigenvalue weighted by Crippen LogP contribution is -2.03. The smallest absolute Gasteiger partial charge is 0.341 e. The summed E-state index contributed by atoms with van der Waals surface area (Å²) in [6.07, 6.45) is 3.02. The number of hydrogen-bond acceptors (Lipinski definition) is 5. The Bertz CT molecular complexity index is 688. The molecule has 2 rings (SSSR count). The average Bonchev–Trinajstić information content (AvgIpc) is 2.97. The highest BCUT2D eigenvalue weighted by Crippen LogP contribution is 2.26. The normalized spacial score (nSPS) is 10.1. The molecule has 0 saturated heterocycles. The van der Waals surface area contributed by atoms with Crippen LogP contribution in [0.3, 0.4) is 0 Å². The van der Waals surface area contributed by atoms with Crippen molar-refractivity contribution in [2.75, 3.05) is 12.4 Å². The standard InChI is InChI=1S/C15H15N3O2S/c1-3-20-15(19)11-9-17-18(10-11)13-6-5-7-14(21-4-2)12(13)8-16/h5-7,9-10H,3-4H2,1-2H3. The first-order valence-electron chi connectivity index (χ1n) is 6.59. The van der Waals surface area contributed by atoms with Crippen molar-refractivity contribution in [1.82, 2.24) is 9.78 Å². The number of hydrogen-bond donors (Lipinski definition) is 0. The van der Waals surface area contributed by atoms with E-state index in [1.807, 2.05) is 19.1 Å². The van der Waals surface area contributed by atoms with Crippen LogP contribution in [0.1, 0.15) is 29.8 Å². The highest BCUT2D eigenvalue weighted by molar-refractivity contribution is 7.99. The molecule has 2 aromatic rings. The fraction of sp³-hybridized carbons (Fsp3) is 0.267. The number of thioether (sulfide) groups is 1. The fourth-order valence-electron chi connectivity index (χ4n) is 1.87. The molecule has 0 aliphatic heterocycles. The van der Waals surface area contributed by atoms with Gasteiger partial charge in [0.25, 0.3) is 0 Å². The lowest BCUT2D eigenvalue weighted by Gasteiger charge is -2.08.